The van der Waals surface area contributed by atoms with Crippen molar-refractivity contribution < 1.29 is 9.32 Å². The second-order valence-corrected chi connectivity index (χ2v) is 4.48. The van der Waals surface area contributed by atoms with E-state index in [0.29, 0.717) is 17.7 Å². The first kappa shape index (κ1) is 9.84. The molecule has 1 N–H and O–H groups in total. The third kappa shape index (κ3) is 1.51. The molecule has 2 aliphatic heterocycles. The van der Waals surface area contributed by atoms with Crippen LogP contribution in [0.15, 0.2) is 16.8 Å². The minimum Gasteiger partial charge on any atom is -0.351 e. The Balaban J connectivity index is 1.78. The van der Waals surface area contributed by atoms with Crippen LogP contribution in [0, 0.1) is 5.92 Å². The first-order valence-corrected chi connectivity index (χ1v) is 5.78. The summed E-state index contributed by atoms with van der Waals surface area (Å²) in [6.07, 6.45) is 3.80. The molecule has 1 aromatic heterocycles. The van der Waals surface area contributed by atoms with Crippen molar-refractivity contribution in [2.45, 2.75) is 18.9 Å². The third-order valence-corrected chi connectivity index (χ3v) is 3.64. The molecule has 0 spiro atoms. The molecule has 2 unspecified atom stereocenters. The smallest absolute Gasteiger partial charge is 0.292 e. The molecule has 3 rings (SSSR count). The third-order valence-electron chi connectivity index (χ3n) is 3.64. The van der Waals surface area contributed by atoms with Crippen LogP contribution >= 0.6 is 0 Å². The van der Waals surface area contributed by atoms with Crippen LogP contribution in [0.4, 0.5) is 0 Å². The number of hydrogen-bond donors (Lipinski definition) is 1. The molecule has 2 fully saturated rings. The summed E-state index contributed by atoms with van der Waals surface area (Å²) in [6.45, 7) is 2.83. The summed E-state index contributed by atoms with van der Waals surface area (Å²) < 4.78 is 4.93. The van der Waals surface area contributed by atoms with E-state index in [1.807, 2.05) is 4.90 Å². The molecule has 16 heavy (non-hydrogen) atoms. The van der Waals surface area contributed by atoms with Gasteiger partial charge in [-0.2, -0.15) is 0 Å². The number of nitrogens with one attached hydrogen (secondary N) is 1. The zero-order valence-corrected chi connectivity index (χ0v) is 9.06. The molecular formula is C11H15N3O2. The van der Waals surface area contributed by atoms with Gasteiger partial charge in [-0.05, 0) is 25.3 Å². The highest BCUT2D eigenvalue weighted by atomic mass is 16.5. The van der Waals surface area contributed by atoms with Crippen molar-refractivity contribution in [1.29, 1.82) is 0 Å². The molecule has 1 aromatic rings. The second kappa shape index (κ2) is 3.90. The van der Waals surface area contributed by atoms with Crippen LogP contribution in [0.25, 0.3) is 0 Å². The molecule has 5 heteroatoms. The first-order valence-electron chi connectivity index (χ1n) is 5.78. The number of fused-ring (bicyclic) bond motifs is 1. The predicted octanol–water partition coefficient (Wildman–Crippen LogP) is 0.499. The van der Waals surface area contributed by atoms with Crippen molar-refractivity contribution in [3.8, 4) is 0 Å². The topological polar surface area (TPSA) is 58.4 Å². The van der Waals surface area contributed by atoms with Gasteiger partial charge >= 0.3 is 0 Å². The number of carbonyl (C=O) groups is 1. The number of amides is 1. The lowest BCUT2D eigenvalue weighted by molar-refractivity contribution is 0.0661. The van der Waals surface area contributed by atoms with Crippen LogP contribution in [0.5, 0.6) is 0 Å². The Morgan fingerprint density at radius 1 is 1.56 bits per heavy atom. The Kier molecular flexibility index (Phi) is 2.40. The van der Waals surface area contributed by atoms with Crippen molar-refractivity contribution in [3.63, 3.8) is 0 Å². The normalized spacial score (nSPS) is 29.1. The molecule has 2 aliphatic rings. The summed E-state index contributed by atoms with van der Waals surface area (Å²) in [5, 5.41) is 6.93. The van der Waals surface area contributed by atoms with Crippen LogP contribution in [-0.2, 0) is 0 Å². The summed E-state index contributed by atoms with van der Waals surface area (Å²) in [6, 6.07) is 1.97. The summed E-state index contributed by atoms with van der Waals surface area (Å²) in [5.41, 5.74) is 0. The molecule has 1 amide bonds. The Bertz CT molecular complexity index is 377. The highest BCUT2D eigenvalue weighted by molar-refractivity contribution is 5.91. The van der Waals surface area contributed by atoms with Gasteiger partial charge in [0.05, 0.1) is 6.20 Å². The number of nitrogens with zero attached hydrogens (tertiary/aromatic N) is 2. The van der Waals surface area contributed by atoms with Gasteiger partial charge in [-0.3, -0.25) is 4.79 Å². The van der Waals surface area contributed by atoms with Gasteiger partial charge in [0, 0.05) is 25.2 Å². The van der Waals surface area contributed by atoms with Crippen LogP contribution in [0.1, 0.15) is 23.4 Å². The van der Waals surface area contributed by atoms with Gasteiger partial charge in [-0.1, -0.05) is 5.16 Å². The summed E-state index contributed by atoms with van der Waals surface area (Å²) >= 11 is 0. The van der Waals surface area contributed by atoms with Crippen molar-refractivity contribution in [1.82, 2.24) is 15.4 Å². The lowest BCUT2D eigenvalue weighted by Crippen LogP contribution is -2.47. The lowest BCUT2D eigenvalue weighted by atomic mass is 9.93. The van der Waals surface area contributed by atoms with Gasteiger partial charge in [0.2, 0.25) is 5.76 Å². The molecule has 2 saturated heterocycles. The van der Waals surface area contributed by atoms with Crippen LogP contribution < -0.4 is 5.32 Å². The molecule has 2 atom stereocenters. The molecule has 5 nitrogen and oxygen atoms in total. The average molecular weight is 221 g/mol. The maximum Gasteiger partial charge on any atom is 0.292 e. The van der Waals surface area contributed by atoms with Crippen molar-refractivity contribution >= 4 is 5.91 Å². The van der Waals surface area contributed by atoms with Crippen molar-refractivity contribution in [2.24, 2.45) is 5.92 Å². The van der Waals surface area contributed by atoms with Gasteiger partial charge in [0.15, 0.2) is 0 Å². The molecule has 86 valence electrons. The van der Waals surface area contributed by atoms with E-state index in [9.17, 15) is 4.79 Å². The number of carbonyl (C=O) groups excluding carboxylic acids is 1. The quantitative estimate of drug-likeness (QED) is 0.750. The van der Waals surface area contributed by atoms with E-state index in [1.165, 1.54) is 12.6 Å². The van der Waals surface area contributed by atoms with E-state index in [-0.39, 0.29) is 5.91 Å². The van der Waals surface area contributed by atoms with Gasteiger partial charge < -0.3 is 14.7 Å². The zero-order chi connectivity index (χ0) is 11.0. The van der Waals surface area contributed by atoms with E-state index in [0.717, 1.165) is 26.1 Å². The Hall–Kier alpha value is -1.36. The Morgan fingerprint density at radius 3 is 3.31 bits per heavy atom. The maximum atomic E-state index is 12.1. The fourth-order valence-corrected chi connectivity index (χ4v) is 2.79. The average Bonchev–Trinajstić information content (AvgIpc) is 2.98. The van der Waals surface area contributed by atoms with Crippen molar-refractivity contribution in [2.75, 3.05) is 19.6 Å². The number of piperidine rings is 1. The number of rotatable bonds is 1. The summed E-state index contributed by atoms with van der Waals surface area (Å²) in [4.78, 5) is 14.1. The standard InChI is InChI=1S/C11H15N3O2/c15-11(10-2-5-13-16-10)14-6-3-8-1-4-12-7-9(8)14/h2,5,8-9,12H,1,3-4,6-7H2. The van der Waals surface area contributed by atoms with Crippen LogP contribution in [0.3, 0.4) is 0 Å². The lowest BCUT2D eigenvalue weighted by Gasteiger charge is -2.31. The molecule has 0 aliphatic carbocycles. The predicted molar refractivity (Wildman–Crippen MR) is 56.9 cm³/mol. The van der Waals surface area contributed by atoms with E-state index in [4.69, 9.17) is 4.52 Å². The number of likely N-dealkylation sites (tertiary alicyclic amines) is 1. The highest BCUT2D eigenvalue weighted by Crippen LogP contribution is 2.29. The van der Waals surface area contributed by atoms with E-state index in [2.05, 4.69) is 10.5 Å². The zero-order valence-electron chi connectivity index (χ0n) is 9.06. The van der Waals surface area contributed by atoms with Gasteiger partial charge in [-0.15, -0.1) is 0 Å². The minimum atomic E-state index is -0.0197. The molecular weight excluding hydrogens is 206 g/mol. The number of hydrogen-bond acceptors (Lipinski definition) is 4. The molecule has 0 bridgehead atoms. The van der Waals surface area contributed by atoms with Crippen molar-refractivity contribution in [3.05, 3.63) is 18.0 Å². The van der Waals surface area contributed by atoms with Gasteiger partial charge in [0.1, 0.15) is 0 Å². The minimum absolute atomic E-state index is 0.0197. The maximum absolute atomic E-state index is 12.1. The summed E-state index contributed by atoms with van der Waals surface area (Å²) in [5.74, 6) is 0.994. The van der Waals surface area contributed by atoms with Gasteiger partial charge in [-0.25, -0.2) is 0 Å². The molecule has 0 radical (unpaired) electrons. The second-order valence-electron chi connectivity index (χ2n) is 4.48. The number of aromatic nitrogens is 1. The van der Waals surface area contributed by atoms with Crippen LogP contribution in [-0.4, -0.2) is 41.6 Å². The molecule has 0 saturated carbocycles. The fraction of sp³-hybridized carbons (Fsp3) is 0.636. The van der Waals surface area contributed by atoms with E-state index in [1.54, 1.807) is 6.07 Å². The Morgan fingerprint density at radius 2 is 2.50 bits per heavy atom. The molecule has 3 heterocycles. The molecule has 0 aromatic carbocycles. The highest BCUT2D eigenvalue weighted by Gasteiger charge is 2.39. The van der Waals surface area contributed by atoms with Crippen LogP contribution in [0.2, 0.25) is 0 Å². The fourth-order valence-electron chi connectivity index (χ4n) is 2.79. The van der Waals surface area contributed by atoms with Gasteiger partial charge in [0.25, 0.3) is 5.91 Å². The van der Waals surface area contributed by atoms with E-state index < -0.39 is 0 Å². The SMILES string of the molecule is O=C(c1ccno1)N1CCC2CCNCC21. The first-order chi connectivity index (χ1) is 7.86. The summed E-state index contributed by atoms with van der Waals surface area (Å²) in [7, 11) is 0. The van der Waals surface area contributed by atoms with E-state index >= 15 is 0 Å². The monoisotopic (exact) mass is 221 g/mol. The Labute approximate surface area is 93.8 Å². The largest absolute Gasteiger partial charge is 0.351 e.